The van der Waals surface area contributed by atoms with Gasteiger partial charge in [0.05, 0.1) is 11.6 Å². The highest BCUT2D eigenvalue weighted by atomic mass is 32.1. The molecule has 2 heterocycles. The lowest BCUT2D eigenvalue weighted by molar-refractivity contribution is -0.192. The summed E-state index contributed by atoms with van der Waals surface area (Å²) in [4.78, 5) is 25.6. The van der Waals surface area contributed by atoms with Crippen LogP contribution in [0.3, 0.4) is 0 Å². The second kappa shape index (κ2) is 10.0. The Bertz CT molecular complexity index is 622. The van der Waals surface area contributed by atoms with E-state index in [1.54, 1.807) is 11.3 Å². The quantitative estimate of drug-likeness (QED) is 0.664. The number of nitrogens with one attached hydrogen (secondary N) is 2. The van der Waals surface area contributed by atoms with Gasteiger partial charge in [-0.1, -0.05) is 25.7 Å². The molecule has 10 heteroatoms. The summed E-state index contributed by atoms with van der Waals surface area (Å²) in [5.74, 6) is -1.92. The fraction of sp³-hybridized carbons (Fsp3) is 0.706. The molecule has 0 radical (unpaired) electrons. The van der Waals surface area contributed by atoms with Gasteiger partial charge >= 0.3 is 12.1 Å². The van der Waals surface area contributed by atoms with Gasteiger partial charge in [0.25, 0.3) is 0 Å². The molecular formula is C17H24F3N3O3S. The maximum Gasteiger partial charge on any atom is 0.490 e. The van der Waals surface area contributed by atoms with E-state index in [2.05, 4.69) is 21.0 Å². The number of nitrogens with zero attached hydrogens (tertiary/aromatic N) is 1. The van der Waals surface area contributed by atoms with Crippen LogP contribution in [0.2, 0.25) is 0 Å². The Morgan fingerprint density at radius 3 is 2.33 bits per heavy atom. The van der Waals surface area contributed by atoms with Crippen molar-refractivity contribution in [1.29, 1.82) is 0 Å². The first kappa shape index (κ1) is 21.6. The summed E-state index contributed by atoms with van der Waals surface area (Å²) in [6.45, 7) is 1.75. The third-order valence-corrected chi connectivity index (χ3v) is 5.48. The van der Waals surface area contributed by atoms with Gasteiger partial charge in [-0.3, -0.25) is 4.79 Å². The molecule has 1 saturated heterocycles. The first-order valence-corrected chi connectivity index (χ1v) is 9.92. The number of alkyl halides is 3. The summed E-state index contributed by atoms with van der Waals surface area (Å²) in [6.07, 6.45) is 3.72. The standard InChI is InChI=1S/C15H23N3OS.C2HF3O2/c19-14(12-7-8-16-9-12)18-15-17-13(10-20-15)11-5-3-1-2-4-6-11;3-2(4,5)1(6)7/h10-12,16H,1-9H2,(H,17,18,19);(H,6,7). The van der Waals surface area contributed by atoms with Crippen molar-refractivity contribution in [2.75, 3.05) is 18.4 Å². The Hall–Kier alpha value is -1.68. The molecule has 1 amide bonds. The lowest BCUT2D eigenvalue weighted by Gasteiger charge is -2.10. The van der Waals surface area contributed by atoms with Gasteiger partial charge in [-0.25, -0.2) is 9.78 Å². The number of aliphatic carboxylic acids is 1. The van der Waals surface area contributed by atoms with Crippen LogP contribution in [0.1, 0.15) is 56.6 Å². The summed E-state index contributed by atoms with van der Waals surface area (Å²) >= 11 is 1.57. The molecule has 1 aromatic rings. The molecule has 0 spiro atoms. The van der Waals surface area contributed by atoms with E-state index in [1.807, 2.05) is 0 Å². The van der Waals surface area contributed by atoms with Gasteiger partial charge in [0.1, 0.15) is 0 Å². The summed E-state index contributed by atoms with van der Waals surface area (Å²) in [6, 6.07) is 0. The maximum atomic E-state index is 12.1. The molecule has 152 valence electrons. The number of anilines is 1. The number of thiazole rings is 1. The highest BCUT2D eigenvalue weighted by Crippen LogP contribution is 2.33. The van der Waals surface area contributed by atoms with Gasteiger partial charge in [0.15, 0.2) is 5.13 Å². The van der Waals surface area contributed by atoms with Crippen molar-refractivity contribution in [2.24, 2.45) is 5.92 Å². The lowest BCUT2D eigenvalue weighted by atomic mass is 9.98. The smallest absolute Gasteiger partial charge is 0.475 e. The van der Waals surface area contributed by atoms with Crippen molar-refractivity contribution in [1.82, 2.24) is 10.3 Å². The maximum absolute atomic E-state index is 12.1. The van der Waals surface area contributed by atoms with Gasteiger partial charge in [-0.05, 0) is 25.8 Å². The molecule has 1 aromatic heterocycles. The van der Waals surface area contributed by atoms with Gasteiger partial charge in [-0.2, -0.15) is 13.2 Å². The minimum Gasteiger partial charge on any atom is -0.475 e. The van der Waals surface area contributed by atoms with Crippen molar-refractivity contribution in [3.05, 3.63) is 11.1 Å². The van der Waals surface area contributed by atoms with Crippen LogP contribution in [0.25, 0.3) is 0 Å². The molecule has 1 saturated carbocycles. The molecule has 2 fully saturated rings. The Morgan fingerprint density at radius 2 is 1.81 bits per heavy atom. The normalized spacial score (nSPS) is 21.1. The number of rotatable bonds is 3. The Balaban J connectivity index is 0.000000321. The van der Waals surface area contributed by atoms with Crippen LogP contribution in [-0.4, -0.2) is 41.2 Å². The number of carboxylic acids is 1. The van der Waals surface area contributed by atoms with Gasteiger partial charge in [-0.15, -0.1) is 11.3 Å². The van der Waals surface area contributed by atoms with E-state index in [-0.39, 0.29) is 11.8 Å². The molecule has 1 aliphatic heterocycles. The summed E-state index contributed by atoms with van der Waals surface area (Å²) in [7, 11) is 0. The van der Waals surface area contributed by atoms with Gasteiger partial charge < -0.3 is 15.7 Å². The van der Waals surface area contributed by atoms with Crippen LogP contribution in [0.5, 0.6) is 0 Å². The van der Waals surface area contributed by atoms with E-state index in [0.29, 0.717) is 5.92 Å². The second-order valence-corrected chi connectivity index (χ2v) is 7.61. The number of amides is 1. The van der Waals surface area contributed by atoms with Gasteiger partial charge in [0.2, 0.25) is 5.91 Å². The number of carboxylic acid groups (broad SMARTS) is 1. The monoisotopic (exact) mass is 407 g/mol. The molecule has 0 bridgehead atoms. The summed E-state index contributed by atoms with van der Waals surface area (Å²) in [5.41, 5.74) is 1.19. The fourth-order valence-corrected chi connectivity index (χ4v) is 3.99. The Morgan fingerprint density at radius 1 is 1.19 bits per heavy atom. The van der Waals surface area contributed by atoms with Crippen molar-refractivity contribution >= 4 is 28.3 Å². The van der Waals surface area contributed by atoms with E-state index in [0.717, 1.165) is 24.6 Å². The van der Waals surface area contributed by atoms with Crippen LogP contribution in [-0.2, 0) is 9.59 Å². The minimum atomic E-state index is -5.08. The number of aromatic nitrogens is 1. The van der Waals surface area contributed by atoms with Crippen molar-refractivity contribution in [3.8, 4) is 0 Å². The van der Waals surface area contributed by atoms with Crippen LogP contribution in [0, 0.1) is 5.92 Å². The first-order valence-electron chi connectivity index (χ1n) is 9.04. The number of carbonyl (C=O) groups excluding carboxylic acids is 1. The van der Waals surface area contributed by atoms with Crippen molar-refractivity contribution in [3.63, 3.8) is 0 Å². The van der Waals surface area contributed by atoms with E-state index in [4.69, 9.17) is 9.90 Å². The van der Waals surface area contributed by atoms with Crippen LogP contribution < -0.4 is 10.6 Å². The zero-order chi connectivity index (χ0) is 19.9. The molecule has 3 N–H and O–H groups in total. The predicted octanol–water partition coefficient (Wildman–Crippen LogP) is 3.76. The third-order valence-electron chi connectivity index (χ3n) is 4.70. The van der Waals surface area contributed by atoms with Crippen LogP contribution >= 0.6 is 11.3 Å². The highest BCUT2D eigenvalue weighted by Gasteiger charge is 2.38. The predicted molar refractivity (Wildman–Crippen MR) is 95.9 cm³/mol. The van der Waals surface area contributed by atoms with Crippen LogP contribution in [0.15, 0.2) is 5.38 Å². The first-order chi connectivity index (χ1) is 12.8. The summed E-state index contributed by atoms with van der Waals surface area (Å²) in [5, 5.41) is 16.3. The van der Waals surface area contributed by atoms with E-state index in [9.17, 15) is 18.0 Å². The number of halogens is 3. The molecule has 27 heavy (non-hydrogen) atoms. The molecule has 1 unspecified atom stereocenters. The van der Waals surface area contributed by atoms with Crippen molar-refractivity contribution < 1.29 is 27.9 Å². The van der Waals surface area contributed by atoms with E-state index >= 15 is 0 Å². The second-order valence-electron chi connectivity index (χ2n) is 6.75. The number of carbonyl (C=O) groups is 2. The minimum absolute atomic E-state index is 0.111. The zero-order valence-electron chi connectivity index (χ0n) is 14.8. The zero-order valence-corrected chi connectivity index (χ0v) is 15.7. The molecule has 0 aromatic carbocycles. The number of hydrogen-bond acceptors (Lipinski definition) is 5. The molecular weight excluding hydrogens is 383 g/mol. The lowest BCUT2D eigenvalue weighted by Crippen LogP contribution is -2.24. The average Bonchev–Trinajstić information content (AvgIpc) is 3.22. The van der Waals surface area contributed by atoms with E-state index in [1.165, 1.54) is 44.2 Å². The largest absolute Gasteiger partial charge is 0.490 e. The SMILES string of the molecule is O=C(Nc1nc(C2CCCCCC2)cs1)C1CCNC1.O=C(O)C(F)(F)F. The summed E-state index contributed by atoms with van der Waals surface area (Å²) < 4.78 is 31.7. The van der Waals surface area contributed by atoms with Gasteiger partial charge in [0, 0.05) is 17.8 Å². The number of hydrogen-bond donors (Lipinski definition) is 3. The van der Waals surface area contributed by atoms with Crippen molar-refractivity contribution in [2.45, 2.75) is 57.0 Å². The average molecular weight is 407 g/mol. The van der Waals surface area contributed by atoms with Crippen LogP contribution in [0.4, 0.5) is 18.3 Å². The molecule has 1 aliphatic carbocycles. The molecule has 6 nitrogen and oxygen atoms in total. The highest BCUT2D eigenvalue weighted by molar-refractivity contribution is 7.13. The fourth-order valence-electron chi connectivity index (χ4n) is 3.19. The third kappa shape index (κ3) is 7.10. The van der Waals surface area contributed by atoms with E-state index < -0.39 is 12.1 Å². The molecule has 2 aliphatic rings. The Labute approximate surface area is 159 Å². The Kier molecular flexibility index (Phi) is 8.03. The topological polar surface area (TPSA) is 91.3 Å². The molecule has 1 atom stereocenters. The molecule has 3 rings (SSSR count).